The van der Waals surface area contributed by atoms with E-state index in [9.17, 15) is 14.9 Å². The smallest absolute Gasteiger partial charge is 0.271 e. The molecule has 0 atom stereocenters. The molecule has 0 aliphatic heterocycles. The molecule has 0 heterocycles. The molecule has 0 aliphatic carbocycles. The molecule has 0 fully saturated rings. The Morgan fingerprint density at radius 1 is 1.24 bits per heavy atom. The van der Waals surface area contributed by atoms with Gasteiger partial charge in [-0.3, -0.25) is 14.9 Å². The predicted molar refractivity (Wildman–Crippen MR) is 99.1 cm³/mol. The van der Waals surface area contributed by atoms with Crippen LogP contribution in [-0.2, 0) is 11.3 Å². The summed E-state index contributed by atoms with van der Waals surface area (Å²) in [6, 6.07) is 11.3. The van der Waals surface area contributed by atoms with E-state index in [-0.39, 0.29) is 18.0 Å². The van der Waals surface area contributed by atoms with Crippen LogP contribution in [0.4, 0.5) is 11.4 Å². The van der Waals surface area contributed by atoms with E-state index in [1.165, 1.54) is 18.2 Å². The average Bonchev–Trinajstić information content (AvgIpc) is 2.57. The number of hydrogen-bond acceptors (Lipinski definition) is 4. The van der Waals surface area contributed by atoms with Gasteiger partial charge in [0, 0.05) is 37.3 Å². The number of nitro groups is 1. The maximum absolute atomic E-state index is 12.0. The number of halogens is 2. The van der Waals surface area contributed by atoms with Crippen LogP contribution in [0.25, 0.3) is 0 Å². The number of nitrogens with one attached hydrogen (secondary N) is 1. The normalized spacial score (nSPS) is 10.7. The van der Waals surface area contributed by atoms with Gasteiger partial charge in [0.2, 0.25) is 5.91 Å². The average molecular weight is 382 g/mol. The van der Waals surface area contributed by atoms with Gasteiger partial charge in [-0.25, -0.2) is 0 Å². The molecule has 0 aromatic heterocycles. The van der Waals surface area contributed by atoms with Gasteiger partial charge in [0.25, 0.3) is 5.69 Å². The largest absolute Gasteiger partial charge is 0.326 e. The van der Waals surface area contributed by atoms with E-state index in [2.05, 4.69) is 5.32 Å². The molecule has 25 heavy (non-hydrogen) atoms. The number of anilines is 1. The summed E-state index contributed by atoms with van der Waals surface area (Å²) >= 11 is 12.1. The molecule has 0 spiro atoms. The maximum Gasteiger partial charge on any atom is 0.271 e. The molecule has 0 radical (unpaired) electrons. The van der Waals surface area contributed by atoms with Crippen LogP contribution in [0.2, 0.25) is 10.0 Å². The number of rotatable bonds is 7. The summed E-state index contributed by atoms with van der Waals surface area (Å²) in [4.78, 5) is 24.2. The predicted octanol–water partition coefficient (Wildman–Crippen LogP) is 4.36. The molecule has 0 aliphatic rings. The van der Waals surface area contributed by atoms with Crippen molar-refractivity contribution in [2.45, 2.75) is 13.0 Å². The topological polar surface area (TPSA) is 75.5 Å². The first kappa shape index (κ1) is 19.2. The number of nitrogens with zero attached hydrogens (tertiary/aromatic N) is 2. The van der Waals surface area contributed by atoms with Crippen molar-refractivity contribution in [2.75, 3.05) is 18.9 Å². The van der Waals surface area contributed by atoms with Crippen molar-refractivity contribution in [3.8, 4) is 0 Å². The molecule has 6 nitrogen and oxygen atoms in total. The number of non-ortho nitro benzene ring substituents is 1. The molecule has 0 unspecified atom stereocenters. The minimum Gasteiger partial charge on any atom is -0.326 e. The highest BCUT2D eigenvalue weighted by molar-refractivity contribution is 6.42. The van der Waals surface area contributed by atoms with E-state index >= 15 is 0 Å². The minimum atomic E-state index is -0.502. The SMILES string of the molecule is CN(CCC(=O)Nc1cccc([N+](=O)[O-])c1)Cc1cccc(Cl)c1Cl. The summed E-state index contributed by atoms with van der Waals surface area (Å²) in [5.41, 5.74) is 1.22. The van der Waals surface area contributed by atoms with Crippen molar-refractivity contribution in [1.82, 2.24) is 4.90 Å². The molecule has 2 aromatic rings. The molecule has 8 heteroatoms. The Bertz CT molecular complexity index is 783. The summed E-state index contributed by atoms with van der Waals surface area (Å²) in [7, 11) is 1.87. The maximum atomic E-state index is 12.0. The van der Waals surface area contributed by atoms with Gasteiger partial charge in [0.15, 0.2) is 0 Å². The fourth-order valence-corrected chi connectivity index (χ4v) is 2.63. The first-order valence-electron chi connectivity index (χ1n) is 7.52. The van der Waals surface area contributed by atoms with Crippen molar-refractivity contribution < 1.29 is 9.72 Å². The van der Waals surface area contributed by atoms with Crippen LogP contribution in [0.5, 0.6) is 0 Å². The Kier molecular flexibility index (Phi) is 6.75. The van der Waals surface area contributed by atoms with Crippen molar-refractivity contribution in [1.29, 1.82) is 0 Å². The Balaban J connectivity index is 1.86. The van der Waals surface area contributed by atoms with E-state index in [0.717, 1.165) is 5.56 Å². The Hall–Kier alpha value is -2.15. The fraction of sp³-hybridized carbons (Fsp3) is 0.235. The summed E-state index contributed by atoms with van der Waals surface area (Å²) in [6.45, 7) is 1.06. The van der Waals surface area contributed by atoms with Crippen LogP contribution in [0.15, 0.2) is 42.5 Å². The van der Waals surface area contributed by atoms with Crippen LogP contribution in [0.3, 0.4) is 0 Å². The number of carbonyl (C=O) groups is 1. The fourth-order valence-electron chi connectivity index (χ4n) is 2.25. The van der Waals surface area contributed by atoms with E-state index in [0.29, 0.717) is 28.8 Å². The first-order chi connectivity index (χ1) is 11.9. The molecule has 0 saturated carbocycles. The van der Waals surface area contributed by atoms with Crippen molar-refractivity contribution >= 4 is 40.5 Å². The lowest BCUT2D eigenvalue weighted by Crippen LogP contribution is -2.24. The van der Waals surface area contributed by atoms with Gasteiger partial charge in [0.05, 0.1) is 15.0 Å². The van der Waals surface area contributed by atoms with Crippen LogP contribution in [0, 0.1) is 10.1 Å². The summed E-state index contributed by atoms with van der Waals surface area (Å²) in [6.07, 6.45) is 0.247. The van der Waals surface area contributed by atoms with Gasteiger partial charge in [-0.2, -0.15) is 0 Å². The second-order valence-electron chi connectivity index (χ2n) is 5.56. The molecular weight excluding hydrogens is 365 g/mol. The summed E-state index contributed by atoms with van der Waals surface area (Å²) < 4.78 is 0. The van der Waals surface area contributed by atoms with Crippen molar-refractivity contribution in [2.24, 2.45) is 0 Å². The zero-order valence-corrected chi connectivity index (χ0v) is 15.0. The Morgan fingerprint density at radius 2 is 1.96 bits per heavy atom. The first-order valence-corrected chi connectivity index (χ1v) is 8.28. The second kappa shape index (κ2) is 8.80. The van der Waals surface area contributed by atoms with Crippen molar-refractivity contribution in [3.05, 3.63) is 68.2 Å². The highest BCUT2D eigenvalue weighted by Crippen LogP contribution is 2.26. The van der Waals surface area contributed by atoms with Gasteiger partial charge in [0.1, 0.15) is 0 Å². The van der Waals surface area contributed by atoms with Gasteiger partial charge in [-0.05, 0) is 24.7 Å². The van der Waals surface area contributed by atoms with Crippen LogP contribution >= 0.6 is 23.2 Å². The van der Waals surface area contributed by atoms with Gasteiger partial charge in [-0.1, -0.05) is 41.4 Å². The monoisotopic (exact) mass is 381 g/mol. The summed E-state index contributed by atoms with van der Waals surface area (Å²) in [5.74, 6) is -0.218. The zero-order valence-electron chi connectivity index (χ0n) is 13.5. The van der Waals surface area contributed by atoms with E-state index in [1.54, 1.807) is 12.1 Å². The highest BCUT2D eigenvalue weighted by Gasteiger charge is 2.11. The highest BCUT2D eigenvalue weighted by atomic mass is 35.5. The van der Waals surface area contributed by atoms with Crippen LogP contribution in [0.1, 0.15) is 12.0 Å². The van der Waals surface area contributed by atoms with Crippen molar-refractivity contribution in [3.63, 3.8) is 0 Å². The molecule has 2 aromatic carbocycles. The van der Waals surface area contributed by atoms with E-state index in [4.69, 9.17) is 23.2 Å². The quantitative estimate of drug-likeness (QED) is 0.570. The lowest BCUT2D eigenvalue weighted by Gasteiger charge is -2.17. The minimum absolute atomic E-state index is 0.0643. The number of benzene rings is 2. The van der Waals surface area contributed by atoms with Gasteiger partial charge in [-0.15, -0.1) is 0 Å². The Labute approximate surface area is 155 Å². The molecule has 2 rings (SSSR count). The number of amides is 1. The molecule has 132 valence electrons. The zero-order chi connectivity index (χ0) is 18.4. The molecule has 1 amide bonds. The van der Waals surface area contributed by atoms with E-state index in [1.807, 2.05) is 24.1 Å². The Morgan fingerprint density at radius 3 is 2.68 bits per heavy atom. The molecule has 1 N–H and O–H groups in total. The van der Waals surface area contributed by atoms with Crippen LogP contribution < -0.4 is 5.32 Å². The van der Waals surface area contributed by atoms with E-state index < -0.39 is 4.92 Å². The standard InChI is InChI=1S/C17H17Cl2N3O3/c1-21(11-12-4-2-7-15(18)17(12)19)9-8-16(23)20-13-5-3-6-14(10-13)22(24)25/h2-7,10H,8-9,11H2,1H3,(H,20,23). The third kappa shape index (κ3) is 5.70. The number of hydrogen-bond donors (Lipinski definition) is 1. The third-order valence-electron chi connectivity index (χ3n) is 3.53. The van der Waals surface area contributed by atoms with Crippen LogP contribution in [-0.4, -0.2) is 29.3 Å². The summed E-state index contributed by atoms with van der Waals surface area (Å²) in [5, 5.41) is 14.4. The van der Waals surface area contributed by atoms with Gasteiger partial charge >= 0.3 is 0 Å². The molecule has 0 saturated heterocycles. The number of carbonyl (C=O) groups excluding carboxylic acids is 1. The second-order valence-corrected chi connectivity index (χ2v) is 6.34. The molecule has 0 bridgehead atoms. The molecular formula is C17H17Cl2N3O3. The lowest BCUT2D eigenvalue weighted by atomic mass is 10.2. The van der Waals surface area contributed by atoms with Gasteiger partial charge < -0.3 is 10.2 Å². The number of nitro benzene ring substituents is 1. The lowest BCUT2D eigenvalue weighted by molar-refractivity contribution is -0.384. The third-order valence-corrected chi connectivity index (χ3v) is 4.39.